The summed E-state index contributed by atoms with van der Waals surface area (Å²) in [5.41, 5.74) is 8.85. The summed E-state index contributed by atoms with van der Waals surface area (Å²) >= 11 is 0. The van der Waals surface area contributed by atoms with Crippen LogP contribution in [-0.4, -0.2) is 36.3 Å². The fraction of sp³-hybridized carbons (Fsp3) is 0.333. The molecule has 3 rings (SSSR count). The summed E-state index contributed by atoms with van der Waals surface area (Å²) in [7, 11) is 0. The van der Waals surface area contributed by atoms with E-state index in [1.165, 1.54) is 12.5 Å². The zero-order valence-corrected chi connectivity index (χ0v) is 16.2. The molecule has 2 atom stereocenters. The van der Waals surface area contributed by atoms with Gasteiger partial charge in [0, 0.05) is 38.0 Å². The van der Waals surface area contributed by atoms with E-state index in [-0.39, 0.29) is 36.1 Å². The Labute approximate surface area is 166 Å². The lowest BCUT2D eigenvalue weighted by Gasteiger charge is -2.17. The van der Waals surface area contributed by atoms with Gasteiger partial charge >= 0.3 is 0 Å². The minimum atomic E-state index is -0.0676. The highest BCUT2D eigenvalue weighted by Gasteiger charge is 2.35. The number of hydrogen-bond donors (Lipinski definition) is 2. The Hall–Kier alpha value is -2.37. The summed E-state index contributed by atoms with van der Waals surface area (Å²) < 4.78 is 0. The van der Waals surface area contributed by atoms with Crippen LogP contribution in [0.1, 0.15) is 34.3 Å². The molecule has 1 heterocycles. The first-order chi connectivity index (χ1) is 12.6. The molecule has 0 spiro atoms. The number of amides is 2. The number of nitrogens with zero attached hydrogens (tertiary/aromatic N) is 1. The molecule has 0 aromatic heterocycles. The highest BCUT2D eigenvalue weighted by molar-refractivity contribution is 5.94. The van der Waals surface area contributed by atoms with E-state index in [9.17, 15) is 9.59 Å². The molecule has 0 radical (unpaired) electrons. The van der Waals surface area contributed by atoms with Gasteiger partial charge in [0.2, 0.25) is 5.91 Å². The molecule has 0 aliphatic carbocycles. The van der Waals surface area contributed by atoms with Crippen LogP contribution in [0.2, 0.25) is 0 Å². The van der Waals surface area contributed by atoms with E-state index in [0.29, 0.717) is 31.7 Å². The van der Waals surface area contributed by atoms with Gasteiger partial charge < -0.3 is 16.0 Å². The van der Waals surface area contributed by atoms with Crippen LogP contribution in [0.25, 0.3) is 0 Å². The highest BCUT2D eigenvalue weighted by atomic mass is 35.5. The first-order valence-electron chi connectivity index (χ1n) is 8.96. The van der Waals surface area contributed by atoms with Crippen molar-refractivity contribution in [1.82, 2.24) is 10.2 Å². The van der Waals surface area contributed by atoms with Gasteiger partial charge in [-0.3, -0.25) is 9.59 Å². The highest BCUT2D eigenvalue weighted by Crippen LogP contribution is 2.32. The summed E-state index contributed by atoms with van der Waals surface area (Å²) in [4.78, 5) is 25.8. The van der Waals surface area contributed by atoms with Crippen molar-refractivity contribution in [3.8, 4) is 0 Å². The lowest BCUT2D eigenvalue weighted by molar-refractivity contribution is -0.119. The number of halogens is 1. The number of nitrogens with two attached hydrogens (primary N) is 1. The van der Waals surface area contributed by atoms with Crippen LogP contribution in [0, 0.1) is 5.92 Å². The summed E-state index contributed by atoms with van der Waals surface area (Å²) in [6, 6.07) is 17.7. The van der Waals surface area contributed by atoms with Gasteiger partial charge in [-0.15, -0.1) is 12.4 Å². The van der Waals surface area contributed by atoms with E-state index in [0.717, 1.165) is 5.56 Å². The van der Waals surface area contributed by atoms with Crippen molar-refractivity contribution in [1.29, 1.82) is 0 Å². The zero-order chi connectivity index (χ0) is 18.5. The van der Waals surface area contributed by atoms with Crippen molar-refractivity contribution in [3.05, 3.63) is 71.3 Å². The summed E-state index contributed by atoms with van der Waals surface area (Å²) in [6.45, 7) is 3.90. The maximum atomic E-state index is 12.9. The summed E-state index contributed by atoms with van der Waals surface area (Å²) in [5.74, 6) is 0.527. The van der Waals surface area contributed by atoms with Gasteiger partial charge in [0.1, 0.15) is 0 Å². The molecule has 0 unspecified atom stereocenters. The molecule has 2 aromatic rings. The lowest BCUT2D eigenvalue weighted by Crippen LogP contribution is -2.29. The van der Waals surface area contributed by atoms with Gasteiger partial charge in [-0.2, -0.15) is 0 Å². The Kier molecular flexibility index (Phi) is 7.39. The minimum absolute atomic E-state index is 0. The molecule has 144 valence electrons. The van der Waals surface area contributed by atoms with Gasteiger partial charge in [0.15, 0.2) is 0 Å². The number of hydrogen-bond acceptors (Lipinski definition) is 3. The van der Waals surface area contributed by atoms with Crippen molar-refractivity contribution < 1.29 is 9.59 Å². The second-order valence-corrected chi connectivity index (χ2v) is 6.83. The average molecular weight is 388 g/mol. The minimum Gasteiger partial charge on any atom is -0.352 e. The normalized spacial score (nSPS) is 18.7. The Morgan fingerprint density at radius 1 is 1.07 bits per heavy atom. The first kappa shape index (κ1) is 20.9. The molecule has 2 amide bonds. The lowest BCUT2D eigenvalue weighted by atomic mass is 9.89. The molecular weight excluding hydrogens is 362 g/mol. The van der Waals surface area contributed by atoms with Crippen molar-refractivity contribution in [3.63, 3.8) is 0 Å². The van der Waals surface area contributed by atoms with Crippen molar-refractivity contribution in [2.75, 3.05) is 19.6 Å². The number of carbonyl (C=O) groups excluding carboxylic acids is 2. The van der Waals surface area contributed by atoms with Crippen LogP contribution in [0.4, 0.5) is 0 Å². The Balaban J connectivity index is 0.00000261. The monoisotopic (exact) mass is 387 g/mol. The van der Waals surface area contributed by atoms with Crippen molar-refractivity contribution in [2.45, 2.75) is 19.4 Å². The molecular formula is C21H26ClN3O2. The third-order valence-corrected chi connectivity index (χ3v) is 5.00. The number of likely N-dealkylation sites (tertiary alicyclic amines) is 1. The van der Waals surface area contributed by atoms with Gasteiger partial charge in [-0.25, -0.2) is 0 Å². The van der Waals surface area contributed by atoms with Crippen LogP contribution < -0.4 is 11.1 Å². The Morgan fingerprint density at radius 3 is 2.33 bits per heavy atom. The topological polar surface area (TPSA) is 75.4 Å². The SMILES string of the molecule is CC(=O)NCc1ccc(C(=O)N2C[C@@H](CN)[C@H](c3ccccc3)C2)cc1.Cl. The van der Waals surface area contributed by atoms with E-state index in [4.69, 9.17) is 5.73 Å². The summed E-state index contributed by atoms with van der Waals surface area (Å²) in [6.07, 6.45) is 0. The number of carbonyl (C=O) groups is 2. The van der Waals surface area contributed by atoms with Crippen LogP contribution in [0.5, 0.6) is 0 Å². The van der Waals surface area contributed by atoms with Gasteiger partial charge in [-0.1, -0.05) is 42.5 Å². The number of benzene rings is 2. The van der Waals surface area contributed by atoms with E-state index in [2.05, 4.69) is 17.4 Å². The fourth-order valence-electron chi connectivity index (χ4n) is 3.53. The van der Waals surface area contributed by atoms with Crippen molar-refractivity contribution in [2.24, 2.45) is 11.7 Å². The first-order valence-corrected chi connectivity index (χ1v) is 8.96. The smallest absolute Gasteiger partial charge is 0.253 e. The molecule has 27 heavy (non-hydrogen) atoms. The maximum absolute atomic E-state index is 12.9. The van der Waals surface area contributed by atoms with Crippen LogP contribution in [0.3, 0.4) is 0 Å². The standard InChI is InChI=1S/C21H25N3O2.ClH/c1-15(25)23-12-16-7-9-18(10-8-16)21(26)24-13-19(11-22)20(14-24)17-5-3-2-4-6-17;/h2-10,19-20H,11-14,22H2,1H3,(H,23,25);1H/t19-,20+;/m1./s1. The molecule has 1 fully saturated rings. The van der Waals surface area contributed by atoms with Crippen LogP contribution in [0.15, 0.2) is 54.6 Å². The van der Waals surface area contributed by atoms with E-state index in [1.807, 2.05) is 47.4 Å². The second-order valence-electron chi connectivity index (χ2n) is 6.83. The van der Waals surface area contributed by atoms with Gasteiger partial charge in [0.05, 0.1) is 0 Å². The van der Waals surface area contributed by atoms with Crippen LogP contribution in [-0.2, 0) is 11.3 Å². The predicted octanol–water partition coefficient (Wildman–Crippen LogP) is 2.56. The van der Waals surface area contributed by atoms with Gasteiger partial charge in [-0.05, 0) is 35.7 Å². The average Bonchev–Trinajstić information content (AvgIpc) is 3.11. The maximum Gasteiger partial charge on any atom is 0.253 e. The molecule has 6 heteroatoms. The van der Waals surface area contributed by atoms with E-state index < -0.39 is 0 Å². The van der Waals surface area contributed by atoms with Crippen LogP contribution >= 0.6 is 12.4 Å². The van der Waals surface area contributed by atoms with Crippen molar-refractivity contribution >= 4 is 24.2 Å². The molecule has 1 aliphatic rings. The second kappa shape index (κ2) is 9.53. The number of nitrogens with one attached hydrogen (secondary N) is 1. The fourth-order valence-corrected chi connectivity index (χ4v) is 3.53. The molecule has 1 saturated heterocycles. The third kappa shape index (κ3) is 5.08. The van der Waals surface area contributed by atoms with E-state index >= 15 is 0 Å². The van der Waals surface area contributed by atoms with E-state index in [1.54, 1.807) is 0 Å². The molecule has 0 saturated carbocycles. The van der Waals surface area contributed by atoms with Gasteiger partial charge in [0.25, 0.3) is 5.91 Å². The summed E-state index contributed by atoms with van der Waals surface area (Å²) in [5, 5.41) is 2.75. The molecule has 5 nitrogen and oxygen atoms in total. The zero-order valence-electron chi connectivity index (χ0n) is 15.4. The Bertz CT molecular complexity index is 765. The molecule has 3 N–H and O–H groups in total. The third-order valence-electron chi connectivity index (χ3n) is 5.00. The number of rotatable bonds is 5. The molecule has 2 aromatic carbocycles. The largest absolute Gasteiger partial charge is 0.352 e. The molecule has 1 aliphatic heterocycles. The quantitative estimate of drug-likeness (QED) is 0.827. The Morgan fingerprint density at radius 2 is 1.74 bits per heavy atom. The molecule has 0 bridgehead atoms. The predicted molar refractivity (Wildman–Crippen MR) is 109 cm³/mol.